The quantitative estimate of drug-likeness (QED) is 0.685. The molecule has 1 amide bonds. The smallest absolute Gasteiger partial charge is 0.240 e. The Morgan fingerprint density at radius 3 is 2.62 bits per heavy atom. The van der Waals surface area contributed by atoms with Crippen LogP contribution in [0.5, 0.6) is 11.5 Å². The Hall–Kier alpha value is -2.14. The van der Waals surface area contributed by atoms with Crippen LogP contribution in [-0.2, 0) is 11.2 Å². The van der Waals surface area contributed by atoms with Gasteiger partial charge in [-0.1, -0.05) is 18.2 Å². The monoisotopic (exact) mass is 371 g/mol. The standard InChI is InChI=1S/C21H25NO3S/c1-15-14-17-6-4-5-7-20(17)22(15)21(23)16(2)26-13-12-25-19-10-8-18(24-3)9-11-19/h4-11,15-16H,12-14H2,1-3H3. The molecule has 1 aliphatic rings. The fraction of sp³-hybridized carbons (Fsp3) is 0.381. The van der Waals surface area contributed by atoms with Gasteiger partial charge in [0.1, 0.15) is 11.5 Å². The van der Waals surface area contributed by atoms with Gasteiger partial charge in [0.25, 0.3) is 0 Å². The number of fused-ring (bicyclic) bond motifs is 1. The molecule has 0 fully saturated rings. The largest absolute Gasteiger partial charge is 0.497 e. The van der Waals surface area contributed by atoms with Gasteiger partial charge in [-0.2, -0.15) is 0 Å². The van der Waals surface area contributed by atoms with Crippen molar-refractivity contribution in [1.82, 2.24) is 0 Å². The topological polar surface area (TPSA) is 38.8 Å². The van der Waals surface area contributed by atoms with E-state index in [0.717, 1.165) is 29.4 Å². The molecule has 0 aromatic heterocycles. The lowest BCUT2D eigenvalue weighted by Gasteiger charge is -2.25. The lowest BCUT2D eigenvalue weighted by molar-refractivity contribution is -0.118. The van der Waals surface area contributed by atoms with E-state index in [2.05, 4.69) is 13.0 Å². The van der Waals surface area contributed by atoms with Crippen molar-refractivity contribution >= 4 is 23.4 Å². The van der Waals surface area contributed by atoms with E-state index >= 15 is 0 Å². The first-order chi connectivity index (χ1) is 12.6. The van der Waals surface area contributed by atoms with Crippen molar-refractivity contribution in [1.29, 1.82) is 0 Å². The maximum Gasteiger partial charge on any atom is 0.240 e. The number of rotatable bonds is 7. The molecule has 5 heteroatoms. The zero-order chi connectivity index (χ0) is 18.5. The van der Waals surface area contributed by atoms with Crippen molar-refractivity contribution < 1.29 is 14.3 Å². The van der Waals surface area contributed by atoms with Crippen LogP contribution in [0.2, 0.25) is 0 Å². The molecule has 0 spiro atoms. The number of benzene rings is 2. The molecule has 0 N–H and O–H groups in total. The van der Waals surface area contributed by atoms with Crippen molar-refractivity contribution in [3.63, 3.8) is 0 Å². The van der Waals surface area contributed by atoms with E-state index in [9.17, 15) is 4.79 Å². The minimum atomic E-state index is -0.0944. The van der Waals surface area contributed by atoms with Crippen LogP contribution in [0.3, 0.4) is 0 Å². The highest BCUT2D eigenvalue weighted by molar-refractivity contribution is 8.00. The van der Waals surface area contributed by atoms with E-state index in [1.165, 1.54) is 5.56 Å². The van der Waals surface area contributed by atoms with Crippen molar-refractivity contribution in [3.8, 4) is 11.5 Å². The summed E-state index contributed by atoms with van der Waals surface area (Å²) >= 11 is 1.63. The molecular weight excluding hydrogens is 346 g/mol. The average molecular weight is 372 g/mol. The van der Waals surface area contributed by atoms with Gasteiger partial charge in [0.2, 0.25) is 5.91 Å². The van der Waals surface area contributed by atoms with Crippen molar-refractivity contribution in [2.24, 2.45) is 0 Å². The Labute approximate surface area is 159 Å². The predicted molar refractivity (Wildman–Crippen MR) is 108 cm³/mol. The molecule has 26 heavy (non-hydrogen) atoms. The number of carbonyl (C=O) groups is 1. The van der Waals surface area contributed by atoms with E-state index in [1.54, 1.807) is 18.9 Å². The summed E-state index contributed by atoms with van der Waals surface area (Å²) in [5.74, 6) is 2.57. The molecule has 138 valence electrons. The summed E-state index contributed by atoms with van der Waals surface area (Å²) < 4.78 is 10.9. The number of amides is 1. The minimum Gasteiger partial charge on any atom is -0.497 e. The van der Waals surface area contributed by atoms with Crippen LogP contribution < -0.4 is 14.4 Å². The van der Waals surface area contributed by atoms with Crippen molar-refractivity contribution in [2.45, 2.75) is 31.6 Å². The van der Waals surface area contributed by atoms with Gasteiger partial charge in [0.05, 0.1) is 19.0 Å². The molecule has 4 nitrogen and oxygen atoms in total. The first kappa shape index (κ1) is 18.6. The lowest BCUT2D eigenvalue weighted by atomic mass is 10.1. The Morgan fingerprint density at radius 1 is 1.19 bits per heavy atom. The van der Waals surface area contributed by atoms with Crippen molar-refractivity contribution in [2.75, 3.05) is 24.4 Å². The normalized spacial score (nSPS) is 16.9. The second-order valence-electron chi connectivity index (χ2n) is 6.43. The summed E-state index contributed by atoms with van der Waals surface area (Å²) in [5.41, 5.74) is 2.32. The molecule has 0 radical (unpaired) electrons. The molecule has 2 atom stereocenters. The fourth-order valence-electron chi connectivity index (χ4n) is 3.22. The zero-order valence-corrected chi connectivity index (χ0v) is 16.3. The van der Waals surface area contributed by atoms with Crippen LogP contribution >= 0.6 is 11.8 Å². The highest BCUT2D eigenvalue weighted by Gasteiger charge is 2.32. The number of para-hydroxylation sites is 1. The number of ether oxygens (including phenoxy) is 2. The lowest BCUT2D eigenvalue weighted by Crippen LogP contribution is -2.40. The van der Waals surface area contributed by atoms with Gasteiger partial charge in [0, 0.05) is 17.5 Å². The van der Waals surface area contributed by atoms with Crippen LogP contribution in [0, 0.1) is 0 Å². The molecule has 0 saturated carbocycles. The summed E-state index contributed by atoms with van der Waals surface area (Å²) in [6.45, 7) is 4.66. The Balaban J connectivity index is 1.48. The first-order valence-electron chi connectivity index (χ1n) is 8.89. The summed E-state index contributed by atoms with van der Waals surface area (Å²) in [6, 6.07) is 15.9. The molecule has 0 aliphatic carbocycles. The summed E-state index contributed by atoms with van der Waals surface area (Å²) in [4.78, 5) is 14.9. The molecule has 1 heterocycles. The second-order valence-corrected chi connectivity index (χ2v) is 7.88. The van der Waals surface area contributed by atoms with E-state index in [0.29, 0.717) is 6.61 Å². The Morgan fingerprint density at radius 2 is 1.88 bits per heavy atom. The number of nitrogens with zero attached hydrogens (tertiary/aromatic N) is 1. The fourth-order valence-corrected chi connectivity index (χ4v) is 4.01. The molecular formula is C21H25NO3S. The van der Waals surface area contributed by atoms with Gasteiger partial charge in [-0.05, 0) is 56.2 Å². The maximum atomic E-state index is 12.9. The van der Waals surface area contributed by atoms with Gasteiger partial charge in [-0.15, -0.1) is 11.8 Å². The highest BCUT2D eigenvalue weighted by Crippen LogP contribution is 2.33. The van der Waals surface area contributed by atoms with Gasteiger partial charge in [-0.25, -0.2) is 0 Å². The zero-order valence-electron chi connectivity index (χ0n) is 15.5. The molecule has 0 saturated heterocycles. The number of anilines is 1. The van der Waals surface area contributed by atoms with E-state index in [1.807, 2.05) is 54.3 Å². The number of thioether (sulfide) groups is 1. The van der Waals surface area contributed by atoms with Crippen LogP contribution in [0.4, 0.5) is 5.69 Å². The third-order valence-electron chi connectivity index (χ3n) is 4.57. The molecule has 2 unspecified atom stereocenters. The van der Waals surface area contributed by atoms with Gasteiger partial charge >= 0.3 is 0 Å². The van der Waals surface area contributed by atoms with Crippen LogP contribution in [0.25, 0.3) is 0 Å². The molecule has 1 aliphatic heterocycles. The second kappa shape index (κ2) is 8.49. The van der Waals surface area contributed by atoms with E-state index in [4.69, 9.17) is 9.47 Å². The van der Waals surface area contributed by atoms with Crippen LogP contribution in [0.1, 0.15) is 19.4 Å². The number of carbonyl (C=O) groups excluding carboxylic acids is 1. The van der Waals surface area contributed by atoms with Gasteiger partial charge in [-0.3, -0.25) is 4.79 Å². The van der Waals surface area contributed by atoms with Gasteiger partial charge < -0.3 is 14.4 Å². The SMILES string of the molecule is COc1ccc(OCCSC(C)C(=O)N2c3ccccc3CC2C)cc1. The molecule has 2 aromatic rings. The maximum absolute atomic E-state index is 12.9. The van der Waals surface area contributed by atoms with Crippen molar-refractivity contribution in [3.05, 3.63) is 54.1 Å². The van der Waals surface area contributed by atoms with Crippen LogP contribution in [-0.4, -0.2) is 36.7 Å². The molecule has 3 rings (SSSR count). The Bertz CT molecular complexity index is 747. The summed E-state index contributed by atoms with van der Waals surface area (Å²) in [7, 11) is 1.64. The first-order valence-corrected chi connectivity index (χ1v) is 9.94. The minimum absolute atomic E-state index is 0.0944. The Kier molecular flexibility index (Phi) is 6.09. The average Bonchev–Trinajstić information content (AvgIpc) is 3.00. The van der Waals surface area contributed by atoms with E-state index in [-0.39, 0.29) is 17.2 Å². The predicted octanol–water partition coefficient (Wildman–Crippen LogP) is 4.17. The van der Waals surface area contributed by atoms with Crippen LogP contribution in [0.15, 0.2) is 48.5 Å². The third kappa shape index (κ3) is 4.15. The molecule has 0 bridgehead atoms. The number of hydrogen-bond acceptors (Lipinski definition) is 4. The summed E-state index contributed by atoms with van der Waals surface area (Å²) in [6.07, 6.45) is 0.930. The highest BCUT2D eigenvalue weighted by atomic mass is 32.2. The van der Waals surface area contributed by atoms with E-state index < -0.39 is 0 Å². The summed E-state index contributed by atoms with van der Waals surface area (Å²) in [5, 5.41) is -0.0944. The van der Waals surface area contributed by atoms with Gasteiger partial charge in [0.15, 0.2) is 0 Å². The molecule has 2 aromatic carbocycles. The number of hydrogen-bond donors (Lipinski definition) is 0. The third-order valence-corrected chi connectivity index (χ3v) is 5.68. The number of methoxy groups -OCH3 is 1.